The van der Waals surface area contributed by atoms with Crippen molar-refractivity contribution in [3.05, 3.63) is 42.1 Å². The van der Waals surface area contributed by atoms with Gasteiger partial charge in [0.1, 0.15) is 0 Å². The molecule has 112 valence electrons. The molecule has 1 fully saturated rings. The van der Waals surface area contributed by atoms with Crippen LogP contribution in [-0.2, 0) is 0 Å². The molecule has 0 aliphatic heterocycles. The van der Waals surface area contributed by atoms with Gasteiger partial charge in [-0.2, -0.15) is 0 Å². The Morgan fingerprint density at radius 3 is 2.86 bits per heavy atom. The maximum atomic E-state index is 4.67. The molecule has 1 aliphatic rings. The van der Waals surface area contributed by atoms with Crippen molar-refractivity contribution < 1.29 is 0 Å². The molecule has 2 heteroatoms. The number of pyridine rings is 1. The molecule has 0 saturated heterocycles. The summed E-state index contributed by atoms with van der Waals surface area (Å²) in [6.07, 6.45) is 7.17. The van der Waals surface area contributed by atoms with Gasteiger partial charge in [0.25, 0.3) is 0 Å². The predicted octanol–water partition coefficient (Wildman–Crippen LogP) is 4.71. The highest BCUT2D eigenvalue weighted by Crippen LogP contribution is 2.41. The summed E-state index contributed by atoms with van der Waals surface area (Å²) in [6, 6.07) is 11.3. The Bertz CT molecular complexity index is 588. The first-order valence-electron chi connectivity index (χ1n) is 8.38. The molecule has 1 aromatic carbocycles. The molecule has 3 rings (SSSR count). The standard InChI is InChI=1S/C19H26N2/c1-3-12-20-19(16-10-4-7-14(16)2)17-11-5-8-15-9-6-13-21-18(15)17/h5-6,8-9,11,13-14,16,19-20H,3-4,7,10,12H2,1-2H3. The van der Waals surface area contributed by atoms with Crippen molar-refractivity contribution in [2.24, 2.45) is 11.8 Å². The van der Waals surface area contributed by atoms with Crippen LogP contribution in [0.15, 0.2) is 36.5 Å². The predicted molar refractivity (Wildman–Crippen MR) is 89.3 cm³/mol. The van der Waals surface area contributed by atoms with Crippen molar-refractivity contribution in [2.75, 3.05) is 6.54 Å². The number of nitrogens with one attached hydrogen (secondary N) is 1. The maximum absolute atomic E-state index is 4.67. The molecule has 1 saturated carbocycles. The normalized spacial score (nSPS) is 23.5. The minimum atomic E-state index is 0.445. The highest BCUT2D eigenvalue weighted by Gasteiger charge is 2.32. The average molecular weight is 282 g/mol. The minimum Gasteiger partial charge on any atom is -0.310 e. The van der Waals surface area contributed by atoms with Crippen LogP contribution in [0.5, 0.6) is 0 Å². The van der Waals surface area contributed by atoms with Gasteiger partial charge in [0.2, 0.25) is 0 Å². The van der Waals surface area contributed by atoms with Crippen molar-refractivity contribution in [2.45, 2.75) is 45.6 Å². The molecule has 1 aliphatic carbocycles. The van der Waals surface area contributed by atoms with Gasteiger partial charge in [0.05, 0.1) is 5.52 Å². The Hall–Kier alpha value is -1.41. The SMILES string of the molecule is CCCNC(c1cccc2cccnc12)C1CCCC1C. The number of hydrogen-bond donors (Lipinski definition) is 1. The van der Waals surface area contributed by atoms with E-state index in [9.17, 15) is 0 Å². The highest BCUT2D eigenvalue weighted by atomic mass is 14.9. The molecule has 21 heavy (non-hydrogen) atoms. The van der Waals surface area contributed by atoms with E-state index in [1.54, 1.807) is 0 Å². The molecule has 0 radical (unpaired) electrons. The topological polar surface area (TPSA) is 24.9 Å². The van der Waals surface area contributed by atoms with E-state index in [4.69, 9.17) is 0 Å². The number of fused-ring (bicyclic) bond motifs is 1. The fraction of sp³-hybridized carbons (Fsp3) is 0.526. The second kappa shape index (κ2) is 6.57. The minimum absolute atomic E-state index is 0.445. The van der Waals surface area contributed by atoms with Gasteiger partial charge in [0.15, 0.2) is 0 Å². The summed E-state index contributed by atoms with van der Waals surface area (Å²) in [6.45, 7) is 5.73. The van der Waals surface area contributed by atoms with E-state index in [0.717, 1.165) is 18.4 Å². The maximum Gasteiger partial charge on any atom is 0.0749 e. The average Bonchev–Trinajstić information content (AvgIpc) is 2.94. The first-order valence-corrected chi connectivity index (χ1v) is 8.38. The van der Waals surface area contributed by atoms with E-state index in [1.807, 2.05) is 12.3 Å². The van der Waals surface area contributed by atoms with Gasteiger partial charge in [-0.15, -0.1) is 0 Å². The van der Waals surface area contributed by atoms with Crippen LogP contribution >= 0.6 is 0 Å². The number of benzene rings is 1. The fourth-order valence-corrected chi connectivity index (χ4v) is 3.84. The van der Waals surface area contributed by atoms with Gasteiger partial charge < -0.3 is 5.32 Å². The molecular weight excluding hydrogens is 256 g/mol. The Morgan fingerprint density at radius 1 is 1.24 bits per heavy atom. The summed E-state index contributed by atoms with van der Waals surface area (Å²) < 4.78 is 0. The number of para-hydroxylation sites is 1. The zero-order valence-corrected chi connectivity index (χ0v) is 13.2. The first kappa shape index (κ1) is 14.5. The lowest BCUT2D eigenvalue weighted by atomic mass is 9.85. The van der Waals surface area contributed by atoms with E-state index in [0.29, 0.717) is 6.04 Å². The second-order valence-corrected chi connectivity index (χ2v) is 6.43. The van der Waals surface area contributed by atoms with Crippen molar-refractivity contribution in [3.63, 3.8) is 0 Å². The summed E-state index contributed by atoms with van der Waals surface area (Å²) in [7, 11) is 0. The van der Waals surface area contributed by atoms with Crippen LogP contribution in [0.3, 0.4) is 0 Å². The number of rotatable bonds is 5. The van der Waals surface area contributed by atoms with Crippen molar-refractivity contribution >= 4 is 10.9 Å². The number of nitrogens with zero attached hydrogens (tertiary/aromatic N) is 1. The summed E-state index contributed by atoms with van der Waals surface area (Å²) in [5, 5.41) is 5.06. The molecule has 0 bridgehead atoms. The Kier molecular flexibility index (Phi) is 4.54. The highest BCUT2D eigenvalue weighted by molar-refractivity contribution is 5.82. The van der Waals surface area contributed by atoms with Crippen molar-refractivity contribution in [3.8, 4) is 0 Å². The molecule has 2 nitrogen and oxygen atoms in total. The van der Waals surface area contributed by atoms with Crippen molar-refractivity contribution in [1.82, 2.24) is 10.3 Å². The van der Waals surface area contributed by atoms with E-state index < -0.39 is 0 Å². The lowest BCUT2D eigenvalue weighted by molar-refractivity contribution is 0.303. The summed E-state index contributed by atoms with van der Waals surface area (Å²) >= 11 is 0. The summed E-state index contributed by atoms with van der Waals surface area (Å²) in [4.78, 5) is 4.67. The molecule has 3 unspecified atom stereocenters. The van der Waals surface area contributed by atoms with Crippen LogP contribution in [0.25, 0.3) is 10.9 Å². The zero-order chi connectivity index (χ0) is 14.7. The first-order chi connectivity index (χ1) is 10.3. The van der Waals surface area contributed by atoms with Crippen LogP contribution in [0.2, 0.25) is 0 Å². The molecule has 0 spiro atoms. The molecular formula is C19H26N2. The van der Waals surface area contributed by atoms with E-state index in [2.05, 4.69) is 48.4 Å². The van der Waals surface area contributed by atoms with Crippen LogP contribution in [0, 0.1) is 11.8 Å². The Morgan fingerprint density at radius 2 is 2.10 bits per heavy atom. The molecule has 1 N–H and O–H groups in total. The van der Waals surface area contributed by atoms with E-state index >= 15 is 0 Å². The number of hydrogen-bond acceptors (Lipinski definition) is 2. The summed E-state index contributed by atoms with van der Waals surface area (Å²) in [5.74, 6) is 1.54. The van der Waals surface area contributed by atoms with Gasteiger partial charge in [0, 0.05) is 17.6 Å². The second-order valence-electron chi connectivity index (χ2n) is 6.43. The molecule has 1 aromatic heterocycles. The van der Waals surface area contributed by atoms with Crippen LogP contribution < -0.4 is 5.32 Å². The zero-order valence-electron chi connectivity index (χ0n) is 13.2. The molecule has 2 aromatic rings. The van der Waals surface area contributed by atoms with Gasteiger partial charge in [-0.05, 0) is 42.9 Å². The van der Waals surface area contributed by atoms with Crippen LogP contribution in [0.4, 0.5) is 0 Å². The largest absolute Gasteiger partial charge is 0.310 e. The molecule has 1 heterocycles. The third-order valence-corrected chi connectivity index (χ3v) is 4.97. The quantitative estimate of drug-likeness (QED) is 0.859. The number of aromatic nitrogens is 1. The van der Waals surface area contributed by atoms with Gasteiger partial charge >= 0.3 is 0 Å². The Balaban J connectivity index is 2.01. The van der Waals surface area contributed by atoms with E-state index in [-0.39, 0.29) is 0 Å². The molecule has 3 atom stereocenters. The van der Waals surface area contributed by atoms with Crippen molar-refractivity contribution in [1.29, 1.82) is 0 Å². The smallest absolute Gasteiger partial charge is 0.0749 e. The third kappa shape index (κ3) is 2.96. The fourth-order valence-electron chi connectivity index (χ4n) is 3.84. The van der Waals surface area contributed by atoms with Gasteiger partial charge in [-0.25, -0.2) is 0 Å². The molecule has 0 amide bonds. The third-order valence-electron chi connectivity index (χ3n) is 4.97. The lowest BCUT2D eigenvalue weighted by Gasteiger charge is -2.29. The van der Waals surface area contributed by atoms with Gasteiger partial charge in [-0.1, -0.05) is 51.0 Å². The van der Waals surface area contributed by atoms with Crippen LogP contribution in [-0.4, -0.2) is 11.5 Å². The Labute approximate surface area is 128 Å². The van der Waals surface area contributed by atoms with Crippen LogP contribution in [0.1, 0.15) is 51.1 Å². The lowest BCUT2D eigenvalue weighted by Crippen LogP contribution is -2.30. The monoisotopic (exact) mass is 282 g/mol. The van der Waals surface area contributed by atoms with Gasteiger partial charge in [-0.3, -0.25) is 4.98 Å². The summed E-state index contributed by atoms with van der Waals surface area (Å²) in [5.41, 5.74) is 2.56. The van der Waals surface area contributed by atoms with E-state index in [1.165, 1.54) is 42.1 Å².